The number of para-hydroxylation sites is 1. The van der Waals surface area contributed by atoms with Gasteiger partial charge in [0.1, 0.15) is 6.04 Å². The van der Waals surface area contributed by atoms with Crippen LogP contribution in [0, 0.1) is 10.1 Å². The van der Waals surface area contributed by atoms with Crippen LogP contribution in [-0.4, -0.2) is 53.2 Å². The Bertz CT molecular complexity index is 557. The quantitative estimate of drug-likeness (QED) is 0.576. The average molecular weight is 309 g/mol. The standard InChI is InChI=1S/C14H19N3O5/c15-12(14(18)19)8-10-2-1-3-11(13(10)17(20)21)9-16-4-6-22-7-5-16/h1-3,12H,4-9,15H2,(H,18,19)/t12-/m0/s1. The average Bonchev–Trinajstić information content (AvgIpc) is 2.48. The molecule has 1 aromatic carbocycles. The number of ether oxygens (including phenoxy) is 1. The lowest BCUT2D eigenvalue weighted by atomic mass is 10.0. The zero-order chi connectivity index (χ0) is 16.1. The zero-order valence-corrected chi connectivity index (χ0v) is 12.1. The largest absolute Gasteiger partial charge is 0.480 e. The number of morpholine rings is 1. The molecule has 0 saturated carbocycles. The lowest BCUT2D eigenvalue weighted by molar-refractivity contribution is -0.386. The van der Waals surface area contributed by atoms with E-state index in [0.29, 0.717) is 30.9 Å². The van der Waals surface area contributed by atoms with Crippen LogP contribution in [0.5, 0.6) is 0 Å². The number of carboxylic acids is 1. The molecule has 1 heterocycles. The van der Waals surface area contributed by atoms with Crippen molar-refractivity contribution in [3.8, 4) is 0 Å². The number of carboxylic acid groups (broad SMARTS) is 1. The Morgan fingerprint density at radius 2 is 2.05 bits per heavy atom. The van der Waals surface area contributed by atoms with Crippen LogP contribution in [0.15, 0.2) is 18.2 Å². The van der Waals surface area contributed by atoms with Gasteiger partial charge >= 0.3 is 5.97 Å². The Labute approximate surface area is 127 Å². The van der Waals surface area contributed by atoms with Crippen molar-refractivity contribution in [2.75, 3.05) is 26.3 Å². The Hall–Kier alpha value is -2.03. The van der Waals surface area contributed by atoms with E-state index in [9.17, 15) is 14.9 Å². The van der Waals surface area contributed by atoms with Crippen molar-refractivity contribution in [1.29, 1.82) is 0 Å². The van der Waals surface area contributed by atoms with Gasteiger partial charge in [0, 0.05) is 37.2 Å². The fraction of sp³-hybridized carbons (Fsp3) is 0.500. The van der Waals surface area contributed by atoms with Gasteiger partial charge in [-0.1, -0.05) is 18.2 Å². The molecule has 2 rings (SSSR count). The lowest BCUT2D eigenvalue weighted by Crippen LogP contribution is -2.36. The lowest BCUT2D eigenvalue weighted by Gasteiger charge is -2.26. The third-order valence-corrected chi connectivity index (χ3v) is 3.64. The third-order valence-electron chi connectivity index (χ3n) is 3.64. The minimum atomic E-state index is -1.17. The van der Waals surface area contributed by atoms with Crippen LogP contribution in [0.4, 0.5) is 5.69 Å². The number of rotatable bonds is 6. The summed E-state index contributed by atoms with van der Waals surface area (Å²) in [5.74, 6) is -1.17. The predicted octanol–water partition coefficient (Wildman–Crippen LogP) is 0.381. The van der Waals surface area contributed by atoms with Crippen molar-refractivity contribution >= 4 is 11.7 Å². The van der Waals surface area contributed by atoms with Gasteiger partial charge in [-0.3, -0.25) is 19.8 Å². The van der Waals surface area contributed by atoms with Gasteiger partial charge in [-0.15, -0.1) is 0 Å². The number of aliphatic carboxylic acids is 1. The molecule has 1 atom stereocenters. The number of nitro benzene ring substituents is 1. The van der Waals surface area contributed by atoms with Crippen LogP contribution in [0.1, 0.15) is 11.1 Å². The molecule has 0 bridgehead atoms. The van der Waals surface area contributed by atoms with E-state index in [0.717, 1.165) is 13.1 Å². The molecule has 8 nitrogen and oxygen atoms in total. The monoisotopic (exact) mass is 309 g/mol. The Balaban J connectivity index is 2.25. The topological polar surface area (TPSA) is 119 Å². The van der Waals surface area contributed by atoms with Crippen LogP contribution in [0.3, 0.4) is 0 Å². The van der Waals surface area contributed by atoms with Gasteiger partial charge in [0.05, 0.1) is 18.1 Å². The highest BCUT2D eigenvalue weighted by molar-refractivity contribution is 5.74. The third kappa shape index (κ3) is 4.00. The van der Waals surface area contributed by atoms with Gasteiger partial charge in [0.25, 0.3) is 5.69 Å². The molecule has 0 radical (unpaired) electrons. The maximum atomic E-state index is 11.4. The molecule has 22 heavy (non-hydrogen) atoms. The molecule has 1 fully saturated rings. The number of benzene rings is 1. The molecule has 0 unspecified atom stereocenters. The number of nitrogens with zero attached hydrogens (tertiary/aromatic N) is 2. The number of nitro groups is 1. The normalized spacial score (nSPS) is 17.1. The highest BCUT2D eigenvalue weighted by Gasteiger charge is 2.24. The van der Waals surface area contributed by atoms with Crippen molar-refractivity contribution in [2.45, 2.75) is 19.0 Å². The van der Waals surface area contributed by atoms with E-state index >= 15 is 0 Å². The zero-order valence-electron chi connectivity index (χ0n) is 12.1. The summed E-state index contributed by atoms with van der Waals surface area (Å²) < 4.78 is 5.26. The van der Waals surface area contributed by atoms with Crippen LogP contribution in [0.25, 0.3) is 0 Å². The number of nitrogens with two attached hydrogens (primary N) is 1. The fourth-order valence-corrected chi connectivity index (χ4v) is 2.50. The summed E-state index contributed by atoms with van der Waals surface area (Å²) in [6, 6.07) is 3.80. The predicted molar refractivity (Wildman–Crippen MR) is 78.5 cm³/mol. The number of hydrogen-bond acceptors (Lipinski definition) is 6. The van der Waals surface area contributed by atoms with Gasteiger partial charge < -0.3 is 15.6 Å². The summed E-state index contributed by atoms with van der Waals surface area (Å²) in [6.45, 7) is 3.09. The van der Waals surface area contributed by atoms with Crippen molar-refractivity contribution in [2.24, 2.45) is 5.73 Å². The molecule has 1 saturated heterocycles. The smallest absolute Gasteiger partial charge is 0.320 e. The van der Waals surface area contributed by atoms with Crippen LogP contribution < -0.4 is 5.73 Å². The highest BCUT2D eigenvalue weighted by Crippen LogP contribution is 2.26. The molecular weight excluding hydrogens is 290 g/mol. The van der Waals surface area contributed by atoms with E-state index in [2.05, 4.69) is 4.90 Å². The molecule has 3 N–H and O–H groups in total. The van der Waals surface area contributed by atoms with Crippen molar-refractivity contribution in [3.05, 3.63) is 39.4 Å². The van der Waals surface area contributed by atoms with Crippen molar-refractivity contribution in [3.63, 3.8) is 0 Å². The summed E-state index contributed by atoms with van der Waals surface area (Å²) in [4.78, 5) is 23.9. The Kier molecular flexibility index (Phi) is 5.42. The van der Waals surface area contributed by atoms with Crippen LogP contribution in [0.2, 0.25) is 0 Å². The minimum Gasteiger partial charge on any atom is -0.480 e. The summed E-state index contributed by atoms with van der Waals surface area (Å²) in [5.41, 5.74) is 6.39. The van der Waals surface area contributed by atoms with Gasteiger partial charge in [0.15, 0.2) is 0 Å². The van der Waals surface area contributed by atoms with Gasteiger partial charge in [0.2, 0.25) is 0 Å². The summed E-state index contributed by atoms with van der Waals surface area (Å²) in [6.07, 6.45) is -0.0669. The van der Waals surface area contributed by atoms with E-state index in [1.807, 2.05) is 0 Å². The SMILES string of the molecule is N[C@@H](Cc1cccc(CN2CCOCC2)c1[N+](=O)[O-])C(=O)O. The molecule has 0 aliphatic carbocycles. The second kappa shape index (κ2) is 7.30. The molecule has 8 heteroatoms. The molecule has 1 aromatic rings. The van der Waals surface area contributed by atoms with E-state index in [-0.39, 0.29) is 12.1 Å². The molecule has 0 amide bonds. The van der Waals surface area contributed by atoms with E-state index in [1.54, 1.807) is 18.2 Å². The molecular formula is C14H19N3O5. The minimum absolute atomic E-state index is 0.0364. The van der Waals surface area contributed by atoms with Gasteiger partial charge in [-0.2, -0.15) is 0 Å². The first kappa shape index (κ1) is 16.3. The van der Waals surface area contributed by atoms with Gasteiger partial charge in [-0.25, -0.2) is 0 Å². The maximum Gasteiger partial charge on any atom is 0.320 e. The molecule has 0 aromatic heterocycles. The van der Waals surface area contributed by atoms with E-state index in [4.69, 9.17) is 15.6 Å². The Morgan fingerprint density at radius 3 is 2.64 bits per heavy atom. The molecule has 1 aliphatic heterocycles. The summed E-state index contributed by atoms with van der Waals surface area (Å²) in [5, 5.41) is 20.3. The van der Waals surface area contributed by atoms with Crippen molar-refractivity contribution < 1.29 is 19.6 Å². The number of hydrogen-bond donors (Lipinski definition) is 2. The molecule has 1 aliphatic rings. The van der Waals surface area contributed by atoms with Crippen LogP contribution in [-0.2, 0) is 22.5 Å². The summed E-state index contributed by atoms with van der Waals surface area (Å²) >= 11 is 0. The number of carbonyl (C=O) groups is 1. The van der Waals surface area contributed by atoms with Gasteiger partial charge in [-0.05, 0) is 0 Å². The highest BCUT2D eigenvalue weighted by atomic mass is 16.6. The first-order valence-electron chi connectivity index (χ1n) is 7.02. The van der Waals surface area contributed by atoms with E-state index in [1.165, 1.54) is 0 Å². The van der Waals surface area contributed by atoms with E-state index < -0.39 is 16.9 Å². The molecule has 120 valence electrons. The maximum absolute atomic E-state index is 11.4. The Morgan fingerprint density at radius 1 is 1.41 bits per heavy atom. The van der Waals surface area contributed by atoms with Crippen molar-refractivity contribution in [1.82, 2.24) is 4.90 Å². The first-order chi connectivity index (χ1) is 10.5. The van der Waals surface area contributed by atoms with Crippen LogP contribution >= 0.6 is 0 Å². The second-order valence-corrected chi connectivity index (χ2v) is 5.22. The fourth-order valence-electron chi connectivity index (χ4n) is 2.50. The first-order valence-corrected chi connectivity index (χ1v) is 7.02. The summed E-state index contributed by atoms with van der Waals surface area (Å²) in [7, 11) is 0. The molecule has 0 spiro atoms. The second-order valence-electron chi connectivity index (χ2n) is 5.22.